The Labute approximate surface area is 228 Å². The van der Waals surface area contributed by atoms with E-state index in [0.717, 1.165) is 33.3 Å². The van der Waals surface area contributed by atoms with E-state index in [2.05, 4.69) is 43.3 Å². The third kappa shape index (κ3) is 4.90. The van der Waals surface area contributed by atoms with Gasteiger partial charge in [-0.05, 0) is 18.1 Å². The van der Waals surface area contributed by atoms with Crippen LogP contribution in [0.2, 0.25) is 0 Å². The third-order valence-electron chi connectivity index (χ3n) is 6.25. The first-order valence-electron chi connectivity index (χ1n) is 12.3. The van der Waals surface area contributed by atoms with Gasteiger partial charge in [0.25, 0.3) is 0 Å². The number of thioether (sulfide) groups is 1. The van der Waals surface area contributed by atoms with E-state index in [1.807, 2.05) is 79.0 Å². The van der Waals surface area contributed by atoms with Gasteiger partial charge in [0, 0.05) is 22.9 Å². The van der Waals surface area contributed by atoms with Crippen molar-refractivity contribution in [1.82, 2.24) is 24.7 Å². The Kier molecular flexibility index (Phi) is 6.85. The second-order valence-electron chi connectivity index (χ2n) is 8.76. The summed E-state index contributed by atoms with van der Waals surface area (Å²) >= 11 is 2.74. The van der Waals surface area contributed by atoms with Gasteiger partial charge in [-0.3, -0.25) is 4.79 Å². The van der Waals surface area contributed by atoms with Gasteiger partial charge >= 0.3 is 0 Å². The van der Waals surface area contributed by atoms with E-state index in [0.29, 0.717) is 23.3 Å². The van der Waals surface area contributed by atoms with Crippen LogP contribution in [0.15, 0.2) is 95.5 Å². The minimum Gasteiger partial charge on any atom is -0.319 e. The zero-order valence-corrected chi connectivity index (χ0v) is 22.2. The van der Waals surface area contributed by atoms with Crippen molar-refractivity contribution in [1.29, 1.82) is 0 Å². The maximum Gasteiger partial charge on any atom is 0.239 e. The lowest BCUT2D eigenvalue weighted by Gasteiger charge is -2.12. The second kappa shape index (κ2) is 10.7. The first kappa shape index (κ1) is 24.3. The average molecular weight is 537 g/mol. The molecule has 9 heteroatoms. The van der Waals surface area contributed by atoms with Gasteiger partial charge in [-0.25, -0.2) is 9.97 Å². The number of benzene rings is 3. The quantitative estimate of drug-likeness (QED) is 0.219. The van der Waals surface area contributed by atoms with Crippen LogP contribution in [0.25, 0.3) is 33.3 Å². The van der Waals surface area contributed by atoms with Crippen LogP contribution in [-0.2, 0) is 11.3 Å². The maximum absolute atomic E-state index is 13.2. The summed E-state index contributed by atoms with van der Waals surface area (Å²) in [6.07, 6.45) is 0.613. The van der Waals surface area contributed by atoms with Crippen LogP contribution in [0.3, 0.4) is 0 Å². The molecule has 0 aliphatic carbocycles. The summed E-state index contributed by atoms with van der Waals surface area (Å²) in [5.41, 5.74) is 5.61. The van der Waals surface area contributed by atoms with Crippen molar-refractivity contribution < 1.29 is 4.79 Å². The Bertz CT molecular complexity index is 1720. The van der Waals surface area contributed by atoms with E-state index >= 15 is 0 Å². The molecule has 7 nitrogen and oxygen atoms in total. The van der Waals surface area contributed by atoms with Gasteiger partial charge in [0.15, 0.2) is 10.8 Å². The van der Waals surface area contributed by atoms with Crippen molar-refractivity contribution in [2.45, 2.75) is 30.3 Å². The number of nitrogens with zero attached hydrogens (tertiary/aromatic N) is 5. The first-order valence-corrected chi connectivity index (χ1v) is 14.1. The summed E-state index contributed by atoms with van der Waals surface area (Å²) < 4.78 is 2.17. The number of thiazole rings is 1. The fourth-order valence-corrected chi connectivity index (χ4v) is 5.91. The SMILES string of the molecule is CC[C@H](Sc1nnc2c3ccccc3n(Cc3ccccc3)c2n1)C(=O)Nc1nc(-c2ccccc2)cs1. The molecule has 0 aliphatic heterocycles. The lowest BCUT2D eigenvalue weighted by atomic mass is 10.2. The summed E-state index contributed by atoms with van der Waals surface area (Å²) in [5.74, 6) is -0.125. The molecule has 3 heterocycles. The number of nitrogens with one attached hydrogen (secondary N) is 1. The molecule has 38 heavy (non-hydrogen) atoms. The molecule has 0 bridgehead atoms. The highest BCUT2D eigenvalue weighted by atomic mass is 32.2. The van der Waals surface area contributed by atoms with Crippen molar-refractivity contribution in [3.05, 3.63) is 95.9 Å². The number of hydrogen-bond donors (Lipinski definition) is 1. The van der Waals surface area contributed by atoms with Gasteiger partial charge < -0.3 is 9.88 Å². The van der Waals surface area contributed by atoms with Gasteiger partial charge in [0.1, 0.15) is 5.52 Å². The van der Waals surface area contributed by atoms with E-state index in [-0.39, 0.29) is 11.2 Å². The molecule has 0 spiro atoms. The molecule has 0 fully saturated rings. The van der Waals surface area contributed by atoms with Crippen molar-refractivity contribution in [3.8, 4) is 11.3 Å². The van der Waals surface area contributed by atoms with Gasteiger partial charge in [-0.2, -0.15) is 0 Å². The predicted octanol–water partition coefficient (Wildman–Crippen LogP) is 6.66. The number of amides is 1. The Balaban J connectivity index is 1.26. The van der Waals surface area contributed by atoms with Crippen LogP contribution >= 0.6 is 23.1 Å². The molecule has 0 aliphatic rings. The van der Waals surface area contributed by atoms with E-state index in [9.17, 15) is 4.79 Å². The molecular weight excluding hydrogens is 512 g/mol. The summed E-state index contributed by atoms with van der Waals surface area (Å²) in [6.45, 7) is 2.64. The molecule has 188 valence electrons. The van der Waals surface area contributed by atoms with E-state index in [1.54, 1.807) is 0 Å². The molecule has 3 aromatic carbocycles. The lowest BCUT2D eigenvalue weighted by Crippen LogP contribution is -2.24. The van der Waals surface area contributed by atoms with Crippen LogP contribution in [-0.4, -0.2) is 35.9 Å². The molecular formula is C29H24N6OS2. The molecule has 1 N–H and O–H groups in total. The van der Waals surface area contributed by atoms with Gasteiger partial charge in [0.05, 0.1) is 16.5 Å². The molecule has 1 atom stereocenters. The number of fused-ring (bicyclic) bond motifs is 3. The van der Waals surface area contributed by atoms with Crippen LogP contribution < -0.4 is 5.32 Å². The van der Waals surface area contributed by atoms with Gasteiger partial charge in [-0.1, -0.05) is 97.5 Å². The standard InChI is InChI=1S/C29H24N6OS2/c1-2-24(27(36)32-28-30-22(18-37-28)20-13-7-4-8-14-20)38-29-31-26-25(33-34-29)21-15-9-10-16-23(21)35(26)17-19-11-5-3-6-12-19/h3-16,18,24H,2,17H2,1H3,(H,30,32,36)/t24-/m0/s1. The molecule has 0 unspecified atom stereocenters. The molecule has 0 saturated carbocycles. The number of carbonyl (C=O) groups excluding carboxylic acids is 1. The zero-order valence-electron chi connectivity index (χ0n) is 20.6. The highest BCUT2D eigenvalue weighted by Crippen LogP contribution is 2.31. The Morgan fingerprint density at radius 1 is 0.947 bits per heavy atom. The van der Waals surface area contributed by atoms with Crippen molar-refractivity contribution >= 4 is 56.2 Å². The van der Waals surface area contributed by atoms with Crippen LogP contribution in [0, 0.1) is 0 Å². The number of aromatic nitrogens is 5. The number of anilines is 1. The topological polar surface area (TPSA) is 85.6 Å². The van der Waals surface area contributed by atoms with E-state index in [1.165, 1.54) is 28.7 Å². The van der Waals surface area contributed by atoms with Crippen molar-refractivity contribution in [2.75, 3.05) is 5.32 Å². The normalized spacial score (nSPS) is 12.1. The highest BCUT2D eigenvalue weighted by molar-refractivity contribution is 8.00. The minimum atomic E-state index is -0.384. The Morgan fingerprint density at radius 3 is 2.47 bits per heavy atom. The van der Waals surface area contributed by atoms with Gasteiger partial charge in [-0.15, -0.1) is 21.5 Å². The summed E-state index contributed by atoms with van der Waals surface area (Å²) in [6, 6.07) is 28.3. The van der Waals surface area contributed by atoms with Crippen molar-refractivity contribution in [3.63, 3.8) is 0 Å². The summed E-state index contributed by atoms with van der Waals surface area (Å²) in [5, 5.41) is 15.5. The van der Waals surface area contributed by atoms with E-state index < -0.39 is 0 Å². The van der Waals surface area contributed by atoms with Crippen LogP contribution in [0.1, 0.15) is 18.9 Å². The zero-order chi connectivity index (χ0) is 25.9. The van der Waals surface area contributed by atoms with E-state index in [4.69, 9.17) is 4.98 Å². The number of rotatable bonds is 8. The average Bonchev–Trinajstić information content (AvgIpc) is 3.55. The Morgan fingerprint density at radius 2 is 1.68 bits per heavy atom. The molecule has 6 aromatic rings. The molecule has 6 rings (SSSR count). The highest BCUT2D eigenvalue weighted by Gasteiger charge is 2.23. The second-order valence-corrected chi connectivity index (χ2v) is 10.8. The fourth-order valence-electron chi connectivity index (χ4n) is 4.37. The fraction of sp³-hybridized carbons (Fsp3) is 0.138. The number of hydrogen-bond acceptors (Lipinski definition) is 7. The molecule has 1 amide bonds. The summed E-state index contributed by atoms with van der Waals surface area (Å²) in [4.78, 5) is 22.6. The molecule has 0 radical (unpaired) electrons. The first-order chi connectivity index (χ1) is 18.7. The minimum absolute atomic E-state index is 0.125. The number of para-hydroxylation sites is 1. The van der Waals surface area contributed by atoms with Crippen LogP contribution in [0.4, 0.5) is 5.13 Å². The smallest absolute Gasteiger partial charge is 0.239 e. The largest absolute Gasteiger partial charge is 0.319 e. The van der Waals surface area contributed by atoms with Gasteiger partial charge in [0.2, 0.25) is 11.1 Å². The lowest BCUT2D eigenvalue weighted by molar-refractivity contribution is -0.115. The predicted molar refractivity (Wildman–Crippen MR) is 154 cm³/mol. The molecule has 0 saturated heterocycles. The maximum atomic E-state index is 13.2. The Hall–Kier alpha value is -4.08. The number of carbonyl (C=O) groups is 1. The molecule has 3 aromatic heterocycles. The monoisotopic (exact) mass is 536 g/mol. The summed E-state index contributed by atoms with van der Waals surface area (Å²) in [7, 11) is 0. The van der Waals surface area contributed by atoms with Crippen molar-refractivity contribution in [2.24, 2.45) is 0 Å². The third-order valence-corrected chi connectivity index (χ3v) is 8.23. The van der Waals surface area contributed by atoms with Crippen LogP contribution in [0.5, 0.6) is 0 Å².